The third-order valence-corrected chi connectivity index (χ3v) is 6.31. The van der Waals surface area contributed by atoms with Crippen LogP contribution in [0.25, 0.3) is 0 Å². The van der Waals surface area contributed by atoms with Gasteiger partial charge in [-0.15, -0.1) is 0 Å². The number of amides is 1. The van der Waals surface area contributed by atoms with Crippen LogP contribution in [0.4, 0.5) is 0 Å². The summed E-state index contributed by atoms with van der Waals surface area (Å²) in [4.78, 5) is 21.7. The van der Waals surface area contributed by atoms with Crippen molar-refractivity contribution in [3.8, 4) is 6.07 Å². The van der Waals surface area contributed by atoms with E-state index in [1.54, 1.807) is 0 Å². The Balaban J connectivity index is 1.70. The zero-order chi connectivity index (χ0) is 18.0. The number of hydrogen-bond acceptors (Lipinski definition) is 5. The number of hydrogen-bond donors (Lipinski definition) is 1. The van der Waals surface area contributed by atoms with Crippen LogP contribution in [0.5, 0.6) is 0 Å². The Labute approximate surface area is 154 Å². The second-order valence-corrected chi connectivity index (χ2v) is 8.70. The zero-order valence-corrected chi connectivity index (χ0v) is 16.0. The predicted octanol–water partition coefficient (Wildman–Crippen LogP) is 3.71. The number of carbonyl (C=O) groups is 1. The molecular weight excluding hydrogens is 332 g/mol. The number of aryl methyl sites for hydroxylation is 1. The summed E-state index contributed by atoms with van der Waals surface area (Å²) in [5, 5.41) is 13.0. The van der Waals surface area contributed by atoms with Gasteiger partial charge in [-0.2, -0.15) is 5.26 Å². The summed E-state index contributed by atoms with van der Waals surface area (Å²) in [7, 11) is 0. The number of rotatable bonds is 5. The Morgan fingerprint density at radius 2 is 2.00 bits per heavy atom. The minimum atomic E-state index is -0.275. The van der Waals surface area contributed by atoms with E-state index in [2.05, 4.69) is 28.3 Å². The molecule has 0 aromatic carbocycles. The largest absolute Gasteiger partial charge is 0.352 e. The first kappa shape index (κ1) is 18.2. The van der Waals surface area contributed by atoms with E-state index in [-0.39, 0.29) is 17.2 Å². The van der Waals surface area contributed by atoms with Crippen LogP contribution in [-0.2, 0) is 4.79 Å². The standard InChI is InChI=1S/C19H26N4OS/c1-11-6-4-5-7-16(11)22-18(24)13(3)25-19-15(10-20)12(2)21-17(23-19)14-8-9-14/h11,13-14,16H,4-9H2,1-3H3,(H,22,24)/t11-,13-,16+/m1/s1. The molecule has 2 saturated carbocycles. The first-order chi connectivity index (χ1) is 12.0. The summed E-state index contributed by atoms with van der Waals surface area (Å²) in [6, 6.07) is 2.48. The number of nitrogens with one attached hydrogen (secondary N) is 1. The highest BCUT2D eigenvalue weighted by molar-refractivity contribution is 8.00. The summed E-state index contributed by atoms with van der Waals surface area (Å²) in [6.45, 7) is 5.96. The van der Waals surface area contributed by atoms with Gasteiger partial charge < -0.3 is 5.32 Å². The molecule has 0 unspecified atom stereocenters. The fourth-order valence-corrected chi connectivity index (χ4v) is 4.32. The lowest BCUT2D eigenvalue weighted by Gasteiger charge is -2.30. The third-order valence-electron chi connectivity index (χ3n) is 5.23. The lowest BCUT2D eigenvalue weighted by Crippen LogP contribution is -2.44. The molecule has 1 amide bonds. The predicted molar refractivity (Wildman–Crippen MR) is 98.3 cm³/mol. The molecular formula is C19H26N4OS. The van der Waals surface area contributed by atoms with Crippen molar-refractivity contribution >= 4 is 17.7 Å². The fraction of sp³-hybridized carbons (Fsp3) is 0.684. The van der Waals surface area contributed by atoms with Crippen LogP contribution in [-0.4, -0.2) is 27.2 Å². The molecule has 2 aliphatic carbocycles. The van der Waals surface area contributed by atoms with Gasteiger partial charge in [-0.25, -0.2) is 9.97 Å². The number of aromatic nitrogens is 2. The quantitative estimate of drug-likeness (QED) is 0.641. The van der Waals surface area contributed by atoms with Crippen LogP contribution in [0.15, 0.2) is 5.03 Å². The van der Waals surface area contributed by atoms with Crippen LogP contribution in [0.3, 0.4) is 0 Å². The van der Waals surface area contributed by atoms with E-state index in [1.165, 1.54) is 31.0 Å². The lowest BCUT2D eigenvalue weighted by molar-refractivity contribution is -0.121. The maximum atomic E-state index is 12.6. The summed E-state index contributed by atoms with van der Waals surface area (Å²) >= 11 is 1.38. The van der Waals surface area contributed by atoms with Crippen molar-refractivity contribution in [3.05, 3.63) is 17.1 Å². The molecule has 6 heteroatoms. The summed E-state index contributed by atoms with van der Waals surface area (Å²) in [5.41, 5.74) is 1.22. The molecule has 0 saturated heterocycles. The Morgan fingerprint density at radius 3 is 2.64 bits per heavy atom. The smallest absolute Gasteiger partial charge is 0.233 e. The van der Waals surface area contributed by atoms with Gasteiger partial charge >= 0.3 is 0 Å². The SMILES string of the molecule is Cc1nc(C2CC2)nc(S[C@H](C)C(=O)N[C@H]2CCCC[C@H]2C)c1C#N. The van der Waals surface area contributed by atoms with Gasteiger partial charge in [0.25, 0.3) is 0 Å². The van der Waals surface area contributed by atoms with E-state index >= 15 is 0 Å². The van der Waals surface area contributed by atoms with Crippen molar-refractivity contribution in [2.45, 2.75) is 81.5 Å². The van der Waals surface area contributed by atoms with Crippen molar-refractivity contribution in [1.29, 1.82) is 5.26 Å². The molecule has 25 heavy (non-hydrogen) atoms. The number of nitriles is 1. The molecule has 1 N–H and O–H groups in total. The monoisotopic (exact) mass is 358 g/mol. The first-order valence-electron chi connectivity index (χ1n) is 9.25. The molecule has 0 aliphatic heterocycles. The van der Waals surface area contributed by atoms with Gasteiger partial charge in [0.2, 0.25) is 5.91 Å². The van der Waals surface area contributed by atoms with Crippen LogP contribution in [0.1, 0.15) is 75.4 Å². The number of carbonyl (C=O) groups excluding carboxylic acids is 1. The molecule has 0 radical (unpaired) electrons. The summed E-state index contributed by atoms with van der Waals surface area (Å²) < 4.78 is 0. The normalized spacial score (nSPS) is 24.4. The molecule has 134 valence electrons. The minimum absolute atomic E-state index is 0.0388. The Hall–Kier alpha value is -1.61. The summed E-state index contributed by atoms with van der Waals surface area (Å²) in [5.74, 6) is 1.83. The lowest BCUT2D eigenvalue weighted by atomic mass is 9.86. The fourth-order valence-electron chi connectivity index (χ4n) is 3.36. The molecule has 0 bridgehead atoms. The maximum absolute atomic E-state index is 12.6. The van der Waals surface area contributed by atoms with Crippen molar-refractivity contribution in [2.24, 2.45) is 5.92 Å². The van der Waals surface area contributed by atoms with E-state index in [9.17, 15) is 10.1 Å². The average Bonchev–Trinajstić information content (AvgIpc) is 3.41. The molecule has 5 nitrogen and oxygen atoms in total. The highest BCUT2D eigenvalue weighted by atomic mass is 32.2. The van der Waals surface area contributed by atoms with Gasteiger partial charge in [-0.3, -0.25) is 4.79 Å². The van der Waals surface area contributed by atoms with Crippen molar-refractivity contribution < 1.29 is 4.79 Å². The third kappa shape index (κ3) is 4.33. The van der Waals surface area contributed by atoms with E-state index < -0.39 is 0 Å². The number of nitrogens with zero attached hydrogens (tertiary/aromatic N) is 3. The molecule has 2 aliphatic rings. The second kappa shape index (κ2) is 7.74. The molecule has 1 heterocycles. The van der Waals surface area contributed by atoms with Gasteiger partial charge in [-0.1, -0.05) is 31.5 Å². The first-order valence-corrected chi connectivity index (χ1v) is 10.1. The maximum Gasteiger partial charge on any atom is 0.233 e. The molecule has 1 aromatic rings. The van der Waals surface area contributed by atoms with Gasteiger partial charge in [0.05, 0.1) is 10.9 Å². The van der Waals surface area contributed by atoms with E-state index in [1.807, 2.05) is 13.8 Å². The second-order valence-electron chi connectivity index (χ2n) is 7.37. The molecule has 3 rings (SSSR count). The van der Waals surface area contributed by atoms with Crippen molar-refractivity contribution in [3.63, 3.8) is 0 Å². The van der Waals surface area contributed by atoms with Crippen LogP contribution >= 0.6 is 11.8 Å². The minimum Gasteiger partial charge on any atom is -0.352 e. The van der Waals surface area contributed by atoms with Gasteiger partial charge in [0.15, 0.2) is 0 Å². The van der Waals surface area contributed by atoms with Gasteiger partial charge in [0.1, 0.15) is 22.5 Å². The Morgan fingerprint density at radius 1 is 1.28 bits per heavy atom. The molecule has 1 aromatic heterocycles. The topological polar surface area (TPSA) is 78.7 Å². The highest BCUT2D eigenvalue weighted by Crippen LogP contribution is 2.39. The Kier molecular flexibility index (Phi) is 5.63. The zero-order valence-electron chi connectivity index (χ0n) is 15.2. The summed E-state index contributed by atoms with van der Waals surface area (Å²) in [6.07, 6.45) is 6.92. The van der Waals surface area contributed by atoms with Crippen LogP contribution < -0.4 is 5.32 Å². The van der Waals surface area contributed by atoms with Crippen LogP contribution in [0, 0.1) is 24.2 Å². The molecule has 0 spiro atoms. The molecule has 3 atom stereocenters. The van der Waals surface area contributed by atoms with Gasteiger partial charge in [-0.05, 0) is 45.4 Å². The molecule has 2 fully saturated rings. The van der Waals surface area contributed by atoms with Crippen LogP contribution in [0.2, 0.25) is 0 Å². The van der Waals surface area contributed by atoms with E-state index in [0.717, 1.165) is 30.8 Å². The van der Waals surface area contributed by atoms with E-state index in [0.29, 0.717) is 22.4 Å². The average molecular weight is 359 g/mol. The van der Waals surface area contributed by atoms with Crippen molar-refractivity contribution in [1.82, 2.24) is 15.3 Å². The van der Waals surface area contributed by atoms with Gasteiger partial charge in [0, 0.05) is 12.0 Å². The number of thioether (sulfide) groups is 1. The highest BCUT2D eigenvalue weighted by Gasteiger charge is 2.30. The Bertz CT molecular complexity index is 695. The van der Waals surface area contributed by atoms with Crippen molar-refractivity contribution in [2.75, 3.05) is 0 Å². The van der Waals surface area contributed by atoms with E-state index in [4.69, 9.17) is 0 Å².